The third kappa shape index (κ3) is 3.89. The topological polar surface area (TPSA) is 130 Å². The third-order valence-corrected chi connectivity index (χ3v) is 5.96. The van der Waals surface area contributed by atoms with Crippen LogP contribution in [0, 0.1) is 28.4 Å². The molecule has 9 nitrogen and oxygen atoms in total. The highest BCUT2D eigenvalue weighted by Crippen LogP contribution is 2.35. The molecule has 158 valence electrons. The smallest absolute Gasteiger partial charge is 0.283 e. The molecule has 4 aromatic rings. The van der Waals surface area contributed by atoms with Gasteiger partial charge in [-0.25, -0.2) is 0 Å². The number of aryl methyl sites for hydroxylation is 2. The first-order valence-corrected chi connectivity index (χ1v) is 10.2. The van der Waals surface area contributed by atoms with Gasteiger partial charge in [-0.05, 0) is 42.5 Å². The number of nitriles is 1. The second kappa shape index (κ2) is 8.49. The molecule has 2 aromatic carbocycles. The zero-order valence-electron chi connectivity index (χ0n) is 17.1. The number of aromatic amines is 1. The van der Waals surface area contributed by atoms with Crippen molar-refractivity contribution < 1.29 is 9.72 Å². The van der Waals surface area contributed by atoms with Gasteiger partial charge in [0.25, 0.3) is 5.69 Å². The lowest BCUT2D eigenvalue weighted by molar-refractivity contribution is -0.387. The molecular formula is C22H16N6O3S. The van der Waals surface area contributed by atoms with E-state index in [1.807, 2.05) is 30.3 Å². The summed E-state index contributed by atoms with van der Waals surface area (Å²) in [5.74, 6) is -0.442. The van der Waals surface area contributed by atoms with Crippen molar-refractivity contribution in [2.45, 2.75) is 17.0 Å². The molecule has 0 amide bonds. The van der Waals surface area contributed by atoms with Crippen molar-refractivity contribution in [3.05, 3.63) is 81.3 Å². The Morgan fingerprint density at radius 3 is 2.78 bits per heavy atom. The summed E-state index contributed by atoms with van der Waals surface area (Å²) in [6.07, 6.45) is 2.87. The molecule has 0 aliphatic rings. The summed E-state index contributed by atoms with van der Waals surface area (Å²) in [4.78, 5) is 27.8. The Morgan fingerprint density at radius 1 is 1.31 bits per heavy atom. The minimum absolute atomic E-state index is 0.110. The Hall–Kier alpha value is -4.23. The average molecular weight is 444 g/mol. The maximum atomic E-state index is 13.1. The van der Waals surface area contributed by atoms with Gasteiger partial charge in [-0.1, -0.05) is 24.3 Å². The van der Waals surface area contributed by atoms with Gasteiger partial charge in [0.05, 0.1) is 15.4 Å². The molecule has 2 aromatic heterocycles. The molecule has 2 heterocycles. The predicted octanol–water partition coefficient (Wildman–Crippen LogP) is 4.45. The van der Waals surface area contributed by atoms with Crippen LogP contribution in [0.5, 0.6) is 0 Å². The van der Waals surface area contributed by atoms with Crippen molar-refractivity contribution in [2.75, 3.05) is 0 Å². The van der Waals surface area contributed by atoms with E-state index in [1.165, 1.54) is 18.5 Å². The predicted molar refractivity (Wildman–Crippen MR) is 119 cm³/mol. The monoisotopic (exact) mass is 444 g/mol. The molecule has 0 spiro atoms. The van der Waals surface area contributed by atoms with E-state index in [0.29, 0.717) is 26.9 Å². The van der Waals surface area contributed by atoms with Crippen LogP contribution in [0.3, 0.4) is 0 Å². The number of benzene rings is 2. The number of nitro groups is 1. The summed E-state index contributed by atoms with van der Waals surface area (Å²) in [5, 5.41) is 30.2. The SMILES string of the molecule is Cc1[nH]c2ccccc2c1C(=O)/C(C#N)=C\c1ccc(Sc2nncn2C)c([N+](=O)[O-])c1. The zero-order chi connectivity index (χ0) is 22.8. The van der Waals surface area contributed by atoms with Gasteiger partial charge in [0.1, 0.15) is 18.0 Å². The van der Waals surface area contributed by atoms with Gasteiger partial charge in [0.2, 0.25) is 5.78 Å². The first-order valence-electron chi connectivity index (χ1n) is 9.43. The van der Waals surface area contributed by atoms with E-state index in [1.54, 1.807) is 30.7 Å². The molecule has 0 aliphatic heterocycles. The largest absolute Gasteiger partial charge is 0.358 e. The van der Waals surface area contributed by atoms with Crippen molar-refractivity contribution in [3.8, 4) is 6.07 Å². The van der Waals surface area contributed by atoms with Crippen LogP contribution in [-0.4, -0.2) is 30.5 Å². The Bertz CT molecular complexity index is 1440. The number of H-pyrrole nitrogens is 1. The van der Waals surface area contributed by atoms with Crippen LogP contribution >= 0.6 is 11.8 Å². The number of nitrogens with one attached hydrogen (secondary N) is 1. The van der Waals surface area contributed by atoms with Crippen LogP contribution in [0.4, 0.5) is 5.69 Å². The van der Waals surface area contributed by atoms with Gasteiger partial charge < -0.3 is 9.55 Å². The number of ketones is 1. The second-order valence-electron chi connectivity index (χ2n) is 6.98. The number of fused-ring (bicyclic) bond motifs is 1. The number of rotatable bonds is 6. The molecule has 0 fully saturated rings. The van der Waals surface area contributed by atoms with E-state index in [4.69, 9.17) is 0 Å². The van der Waals surface area contributed by atoms with Gasteiger partial charge >= 0.3 is 0 Å². The molecule has 0 bridgehead atoms. The van der Waals surface area contributed by atoms with Gasteiger partial charge in [-0.2, -0.15) is 5.26 Å². The highest BCUT2D eigenvalue weighted by atomic mass is 32.2. The van der Waals surface area contributed by atoms with Crippen LogP contribution in [0.15, 0.2) is 64.4 Å². The van der Waals surface area contributed by atoms with Crippen molar-refractivity contribution >= 4 is 40.2 Å². The van der Waals surface area contributed by atoms with E-state index in [9.17, 15) is 20.2 Å². The number of para-hydroxylation sites is 1. The standard InChI is InChI=1S/C22H16N6O3S/c1-13-20(16-5-3-4-6-17(16)25-13)21(29)15(11-23)9-14-7-8-19(18(10-14)28(30)31)32-22-26-24-12-27(22)2/h3-10,12,25H,1-2H3/b15-9-. The Kier molecular flexibility index (Phi) is 5.57. The summed E-state index contributed by atoms with van der Waals surface area (Å²) < 4.78 is 1.65. The first kappa shape index (κ1) is 21.0. The van der Waals surface area contributed by atoms with Crippen molar-refractivity contribution in [1.29, 1.82) is 5.26 Å². The van der Waals surface area contributed by atoms with Crippen molar-refractivity contribution in [1.82, 2.24) is 19.7 Å². The van der Waals surface area contributed by atoms with Crippen LogP contribution in [-0.2, 0) is 7.05 Å². The minimum Gasteiger partial charge on any atom is -0.358 e. The number of hydrogen-bond acceptors (Lipinski definition) is 7. The van der Waals surface area contributed by atoms with E-state index in [0.717, 1.165) is 22.7 Å². The third-order valence-electron chi connectivity index (χ3n) is 4.85. The quantitative estimate of drug-likeness (QED) is 0.153. The number of allylic oxidation sites excluding steroid dienone is 1. The maximum Gasteiger partial charge on any atom is 0.283 e. The van der Waals surface area contributed by atoms with E-state index < -0.39 is 10.7 Å². The van der Waals surface area contributed by atoms with E-state index in [-0.39, 0.29) is 11.3 Å². The molecule has 0 saturated carbocycles. The molecule has 0 saturated heterocycles. The van der Waals surface area contributed by atoms with Crippen molar-refractivity contribution in [3.63, 3.8) is 0 Å². The summed E-state index contributed by atoms with van der Waals surface area (Å²) in [6, 6.07) is 13.8. The number of carbonyl (C=O) groups is 1. The molecule has 1 N–H and O–H groups in total. The summed E-state index contributed by atoms with van der Waals surface area (Å²) in [7, 11) is 1.74. The molecule has 0 radical (unpaired) electrons. The molecule has 4 rings (SSSR count). The van der Waals surface area contributed by atoms with Crippen LogP contribution in [0.1, 0.15) is 21.6 Å². The lowest BCUT2D eigenvalue weighted by Gasteiger charge is -2.04. The molecule has 0 aliphatic carbocycles. The van der Waals surface area contributed by atoms with E-state index in [2.05, 4.69) is 15.2 Å². The fourth-order valence-corrected chi connectivity index (χ4v) is 4.19. The molecule has 32 heavy (non-hydrogen) atoms. The normalized spacial score (nSPS) is 11.5. The molecule has 0 atom stereocenters. The molecular weight excluding hydrogens is 428 g/mol. The van der Waals surface area contributed by atoms with E-state index >= 15 is 0 Å². The van der Waals surface area contributed by atoms with Crippen LogP contribution < -0.4 is 0 Å². The van der Waals surface area contributed by atoms with Crippen LogP contribution in [0.25, 0.3) is 17.0 Å². The molecule has 0 unspecified atom stereocenters. The number of carbonyl (C=O) groups excluding carboxylic acids is 1. The summed E-state index contributed by atoms with van der Waals surface area (Å²) in [6.45, 7) is 1.77. The van der Waals surface area contributed by atoms with Crippen molar-refractivity contribution in [2.24, 2.45) is 7.05 Å². The lowest BCUT2D eigenvalue weighted by Crippen LogP contribution is -2.03. The highest BCUT2D eigenvalue weighted by molar-refractivity contribution is 7.99. The highest BCUT2D eigenvalue weighted by Gasteiger charge is 2.21. The summed E-state index contributed by atoms with van der Waals surface area (Å²) in [5.41, 5.74) is 1.98. The Morgan fingerprint density at radius 2 is 2.09 bits per heavy atom. The second-order valence-corrected chi connectivity index (χ2v) is 7.99. The average Bonchev–Trinajstić information content (AvgIpc) is 3.33. The van der Waals surface area contributed by atoms with Gasteiger partial charge in [-0.15, -0.1) is 10.2 Å². The van der Waals surface area contributed by atoms with Gasteiger partial charge in [0, 0.05) is 29.7 Å². The molecule has 10 heteroatoms. The Balaban J connectivity index is 1.73. The van der Waals surface area contributed by atoms with Gasteiger partial charge in [0.15, 0.2) is 5.16 Å². The number of nitro benzene ring substituents is 1. The maximum absolute atomic E-state index is 13.1. The minimum atomic E-state index is -0.506. The Labute approximate surface area is 186 Å². The fourth-order valence-electron chi connectivity index (χ4n) is 3.34. The lowest BCUT2D eigenvalue weighted by atomic mass is 9.99. The summed E-state index contributed by atoms with van der Waals surface area (Å²) >= 11 is 1.11. The van der Waals surface area contributed by atoms with Gasteiger partial charge in [-0.3, -0.25) is 14.9 Å². The number of hydrogen-bond donors (Lipinski definition) is 1. The number of Topliss-reactive ketones (excluding diaryl/α,β-unsaturated/α-hetero) is 1. The number of aromatic nitrogens is 4. The number of nitrogens with zero attached hydrogens (tertiary/aromatic N) is 5. The fraction of sp³-hybridized carbons (Fsp3) is 0.0909. The first-order chi connectivity index (χ1) is 15.4. The van der Waals surface area contributed by atoms with Crippen LogP contribution in [0.2, 0.25) is 0 Å². The zero-order valence-corrected chi connectivity index (χ0v) is 17.9.